The Morgan fingerprint density at radius 2 is 1.81 bits per heavy atom. The molecule has 0 saturated carbocycles. The van der Waals surface area contributed by atoms with Crippen LogP contribution in [0.15, 0.2) is 54.1 Å². The van der Waals surface area contributed by atoms with Crippen LogP contribution in [0.25, 0.3) is 5.76 Å². The van der Waals surface area contributed by atoms with Crippen molar-refractivity contribution in [3.05, 3.63) is 65.2 Å². The summed E-state index contributed by atoms with van der Waals surface area (Å²) >= 11 is 0. The van der Waals surface area contributed by atoms with Crippen molar-refractivity contribution in [2.45, 2.75) is 19.4 Å². The number of aliphatic hydroxyl groups excluding tert-OH is 1. The number of methoxy groups -OCH3 is 1. The standard InChI is InChI=1S/C25H30N2O5/c1-5-14-32-20-11-7-9-18(16-20)23(28)21-22(17-8-6-10-19(15-17)31-4)27(13-12-26(2)3)25(30)24(21)29/h6-11,15-16,22,28H,5,12-14H2,1-4H3. The summed E-state index contributed by atoms with van der Waals surface area (Å²) in [6.07, 6.45) is 0.850. The average molecular weight is 439 g/mol. The van der Waals surface area contributed by atoms with E-state index in [1.165, 1.54) is 4.90 Å². The van der Waals surface area contributed by atoms with Crippen LogP contribution in [0.5, 0.6) is 11.5 Å². The van der Waals surface area contributed by atoms with Gasteiger partial charge in [0, 0.05) is 18.7 Å². The van der Waals surface area contributed by atoms with Crippen molar-refractivity contribution in [1.82, 2.24) is 9.80 Å². The molecule has 2 aromatic carbocycles. The second-order valence-corrected chi connectivity index (χ2v) is 7.95. The van der Waals surface area contributed by atoms with Crippen LogP contribution < -0.4 is 9.47 Å². The molecule has 1 aliphatic rings. The molecule has 1 saturated heterocycles. The summed E-state index contributed by atoms with van der Waals surface area (Å²) in [6, 6.07) is 13.4. The molecular formula is C25H30N2O5. The van der Waals surface area contributed by atoms with E-state index in [0.29, 0.717) is 42.3 Å². The van der Waals surface area contributed by atoms with Gasteiger partial charge < -0.3 is 24.4 Å². The number of nitrogens with zero attached hydrogens (tertiary/aromatic N) is 2. The zero-order valence-electron chi connectivity index (χ0n) is 19.0. The molecule has 1 fully saturated rings. The van der Waals surface area contributed by atoms with Crippen LogP contribution in [0.2, 0.25) is 0 Å². The number of ether oxygens (including phenoxy) is 2. The third kappa shape index (κ3) is 4.94. The third-order valence-corrected chi connectivity index (χ3v) is 5.32. The van der Waals surface area contributed by atoms with Crippen LogP contribution in [-0.2, 0) is 9.59 Å². The molecule has 1 atom stereocenters. The molecule has 7 heteroatoms. The second-order valence-electron chi connectivity index (χ2n) is 7.95. The first-order valence-electron chi connectivity index (χ1n) is 10.7. The Kier molecular flexibility index (Phi) is 7.53. The van der Waals surface area contributed by atoms with E-state index in [-0.39, 0.29) is 11.3 Å². The zero-order valence-corrected chi connectivity index (χ0v) is 19.0. The number of hydrogen-bond donors (Lipinski definition) is 1. The molecule has 170 valence electrons. The van der Waals surface area contributed by atoms with E-state index in [2.05, 4.69) is 0 Å². The molecule has 7 nitrogen and oxygen atoms in total. The number of ketones is 1. The van der Waals surface area contributed by atoms with Gasteiger partial charge in [-0.2, -0.15) is 0 Å². The fraction of sp³-hybridized carbons (Fsp3) is 0.360. The minimum atomic E-state index is -0.717. The summed E-state index contributed by atoms with van der Waals surface area (Å²) in [7, 11) is 5.36. The van der Waals surface area contributed by atoms with Crippen molar-refractivity contribution in [3.63, 3.8) is 0 Å². The highest BCUT2D eigenvalue weighted by Gasteiger charge is 2.46. The minimum absolute atomic E-state index is 0.0645. The maximum atomic E-state index is 13.1. The number of likely N-dealkylation sites (N-methyl/N-ethyl adjacent to an activating group) is 1. The summed E-state index contributed by atoms with van der Waals surface area (Å²) < 4.78 is 11.0. The molecule has 2 aromatic rings. The second kappa shape index (κ2) is 10.3. The molecule has 1 amide bonds. The fourth-order valence-electron chi connectivity index (χ4n) is 3.69. The molecule has 1 N–H and O–H groups in total. The zero-order chi connectivity index (χ0) is 23.3. The summed E-state index contributed by atoms with van der Waals surface area (Å²) in [5.41, 5.74) is 1.19. The van der Waals surface area contributed by atoms with Gasteiger partial charge in [0.05, 0.1) is 25.3 Å². The Bertz CT molecular complexity index is 1010. The van der Waals surface area contributed by atoms with Gasteiger partial charge in [0.1, 0.15) is 17.3 Å². The highest BCUT2D eigenvalue weighted by molar-refractivity contribution is 6.46. The number of benzene rings is 2. The lowest BCUT2D eigenvalue weighted by molar-refractivity contribution is -0.140. The first-order valence-corrected chi connectivity index (χ1v) is 10.7. The molecule has 0 bridgehead atoms. The molecule has 1 heterocycles. The third-order valence-electron chi connectivity index (χ3n) is 5.32. The van der Waals surface area contributed by atoms with E-state index < -0.39 is 17.7 Å². The molecule has 0 aromatic heterocycles. The van der Waals surface area contributed by atoms with E-state index in [9.17, 15) is 14.7 Å². The van der Waals surface area contributed by atoms with Crippen LogP contribution >= 0.6 is 0 Å². The van der Waals surface area contributed by atoms with E-state index in [1.807, 2.05) is 32.0 Å². The first kappa shape index (κ1) is 23.3. The molecule has 3 rings (SSSR count). The van der Waals surface area contributed by atoms with Gasteiger partial charge in [0.2, 0.25) is 0 Å². The van der Waals surface area contributed by atoms with Crippen LogP contribution in [0.3, 0.4) is 0 Å². The van der Waals surface area contributed by atoms with E-state index in [1.54, 1.807) is 49.6 Å². The lowest BCUT2D eigenvalue weighted by atomic mass is 9.95. The Balaban J connectivity index is 2.11. The monoisotopic (exact) mass is 438 g/mol. The summed E-state index contributed by atoms with van der Waals surface area (Å²) in [5.74, 6) is -0.342. The van der Waals surface area contributed by atoms with Gasteiger partial charge in [0.25, 0.3) is 11.7 Å². The van der Waals surface area contributed by atoms with Gasteiger partial charge in [-0.05, 0) is 50.3 Å². The summed E-state index contributed by atoms with van der Waals surface area (Å²) in [4.78, 5) is 29.5. The van der Waals surface area contributed by atoms with Crippen LogP contribution in [0, 0.1) is 0 Å². The highest BCUT2D eigenvalue weighted by atomic mass is 16.5. The average Bonchev–Trinajstić information content (AvgIpc) is 3.05. The Labute approximate surface area is 188 Å². The maximum Gasteiger partial charge on any atom is 0.295 e. The molecule has 1 aliphatic heterocycles. The molecule has 32 heavy (non-hydrogen) atoms. The lowest BCUT2D eigenvalue weighted by Crippen LogP contribution is -2.35. The van der Waals surface area contributed by atoms with E-state index in [4.69, 9.17) is 9.47 Å². The predicted molar refractivity (Wildman–Crippen MR) is 123 cm³/mol. The Hall–Kier alpha value is -3.32. The van der Waals surface area contributed by atoms with Crippen molar-refractivity contribution in [1.29, 1.82) is 0 Å². The quantitative estimate of drug-likeness (QED) is 0.367. The summed E-state index contributed by atoms with van der Waals surface area (Å²) in [5, 5.41) is 11.2. The van der Waals surface area contributed by atoms with Crippen molar-refractivity contribution in [2.75, 3.05) is 40.9 Å². The van der Waals surface area contributed by atoms with Gasteiger partial charge in [-0.1, -0.05) is 31.2 Å². The number of likely N-dealkylation sites (tertiary alicyclic amines) is 1. The van der Waals surface area contributed by atoms with Crippen LogP contribution in [0.4, 0.5) is 0 Å². The van der Waals surface area contributed by atoms with Gasteiger partial charge in [-0.25, -0.2) is 0 Å². The van der Waals surface area contributed by atoms with Crippen molar-refractivity contribution < 1.29 is 24.2 Å². The number of aliphatic hydroxyl groups is 1. The Morgan fingerprint density at radius 3 is 2.50 bits per heavy atom. The molecule has 0 radical (unpaired) electrons. The summed E-state index contributed by atoms with van der Waals surface area (Å²) in [6.45, 7) is 3.47. The number of Topliss-reactive ketones (excluding diaryl/α,β-unsaturated/α-hetero) is 1. The highest BCUT2D eigenvalue weighted by Crippen LogP contribution is 2.40. The van der Waals surface area contributed by atoms with Crippen molar-refractivity contribution in [3.8, 4) is 11.5 Å². The van der Waals surface area contributed by atoms with Crippen molar-refractivity contribution >= 4 is 17.4 Å². The van der Waals surface area contributed by atoms with Gasteiger partial charge >= 0.3 is 0 Å². The normalized spacial score (nSPS) is 17.8. The van der Waals surface area contributed by atoms with Crippen molar-refractivity contribution in [2.24, 2.45) is 0 Å². The van der Waals surface area contributed by atoms with Crippen LogP contribution in [-0.4, -0.2) is 67.5 Å². The molecular weight excluding hydrogens is 408 g/mol. The molecule has 0 aliphatic carbocycles. The largest absolute Gasteiger partial charge is 0.507 e. The predicted octanol–water partition coefficient (Wildman–Crippen LogP) is 3.47. The molecule has 1 unspecified atom stereocenters. The number of amides is 1. The number of carbonyl (C=O) groups excluding carboxylic acids is 2. The number of carbonyl (C=O) groups is 2. The maximum absolute atomic E-state index is 13.1. The molecule has 0 spiro atoms. The SMILES string of the molecule is CCCOc1cccc(C(O)=C2C(=O)C(=O)N(CCN(C)C)C2c2cccc(OC)c2)c1. The van der Waals surface area contributed by atoms with Crippen LogP contribution in [0.1, 0.15) is 30.5 Å². The lowest BCUT2D eigenvalue weighted by Gasteiger charge is -2.26. The number of hydrogen-bond acceptors (Lipinski definition) is 6. The topological polar surface area (TPSA) is 79.3 Å². The minimum Gasteiger partial charge on any atom is -0.507 e. The Morgan fingerprint density at radius 1 is 1.09 bits per heavy atom. The smallest absolute Gasteiger partial charge is 0.295 e. The van der Waals surface area contributed by atoms with E-state index in [0.717, 1.165) is 6.42 Å². The number of rotatable bonds is 9. The first-order chi connectivity index (χ1) is 15.4. The van der Waals surface area contributed by atoms with E-state index >= 15 is 0 Å². The van der Waals surface area contributed by atoms with Gasteiger partial charge in [0.15, 0.2) is 0 Å². The van der Waals surface area contributed by atoms with Gasteiger partial charge in [-0.15, -0.1) is 0 Å². The van der Waals surface area contributed by atoms with Gasteiger partial charge in [-0.3, -0.25) is 9.59 Å². The fourth-order valence-corrected chi connectivity index (χ4v) is 3.69.